The molecule has 13 heteroatoms. The lowest BCUT2D eigenvalue weighted by molar-refractivity contribution is -0.145. The third kappa shape index (κ3) is 8.88. The van der Waals surface area contributed by atoms with Crippen molar-refractivity contribution >= 4 is 23.7 Å². The van der Waals surface area contributed by atoms with Gasteiger partial charge in [0.05, 0.1) is 18.5 Å². The van der Waals surface area contributed by atoms with Gasteiger partial charge in [0.2, 0.25) is 17.7 Å². The van der Waals surface area contributed by atoms with Crippen molar-refractivity contribution in [1.29, 1.82) is 0 Å². The number of rotatable bonds is 13. The zero-order valence-corrected chi connectivity index (χ0v) is 20.8. The minimum absolute atomic E-state index is 0.0203. The topological polar surface area (TPSA) is 220 Å². The Morgan fingerprint density at radius 2 is 1.57 bits per heavy atom. The Kier molecular flexibility index (Phi) is 10.6. The van der Waals surface area contributed by atoms with Crippen molar-refractivity contribution < 1.29 is 34.5 Å². The van der Waals surface area contributed by atoms with Crippen LogP contribution in [0, 0.1) is 5.92 Å². The van der Waals surface area contributed by atoms with Crippen LogP contribution >= 0.6 is 0 Å². The summed E-state index contributed by atoms with van der Waals surface area (Å²) in [5, 5.41) is 35.9. The standard InChI is InChI=1S/C24H34N6O7/c1-12(2)19(23(35)30-20(13(3)31)24(36)37)29-22(34)18(8-14-4-6-16(32)7-5-14)28-21(33)17(25)9-15-10-26-11-27-15/h4-7,10-13,17-20,31-32H,8-9,25H2,1-3H3,(H,26,27)(H,28,33)(H,29,34)(H,30,35)(H,36,37). The first-order valence-electron chi connectivity index (χ1n) is 11.7. The number of aromatic amines is 1. The number of nitrogens with two attached hydrogens (primary N) is 1. The fourth-order valence-electron chi connectivity index (χ4n) is 3.50. The number of benzene rings is 1. The van der Waals surface area contributed by atoms with Crippen molar-refractivity contribution in [1.82, 2.24) is 25.9 Å². The number of nitrogens with zero attached hydrogens (tertiary/aromatic N) is 1. The fraction of sp³-hybridized carbons (Fsp3) is 0.458. The highest BCUT2D eigenvalue weighted by atomic mass is 16.4. The van der Waals surface area contributed by atoms with Gasteiger partial charge < -0.3 is 42.0 Å². The van der Waals surface area contributed by atoms with E-state index in [-0.39, 0.29) is 18.6 Å². The molecule has 0 saturated carbocycles. The number of nitrogens with one attached hydrogen (secondary N) is 4. The van der Waals surface area contributed by atoms with E-state index >= 15 is 0 Å². The van der Waals surface area contributed by atoms with Crippen LogP contribution in [0.5, 0.6) is 5.75 Å². The highest BCUT2D eigenvalue weighted by Crippen LogP contribution is 2.13. The summed E-state index contributed by atoms with van der Waals surface area (Å²) in [5.41, 5.74) is 7.26. The number of carbonyl (C=O) groups is 4. The van der Waals surface area contributed by atoms with Gasteiger partial charge in [0.15, 0.2) is 6.04 Å². The van der Waals surface area contributed by atoms with Crippen molar-refractivity contribution in [3.63, 3.8) is 0 Å². The molecule has 5 atom stereocenters. The molecule has 0 aliphatic heterocycles. The highest BCUT2D eigenvalue weighted by Gasteiger charge is 2.33. The number of imidazole rings is 1. The van der Waals surface area contributed by atoms with Gasteiger partial charge >= 0.3 is 5.97 Å². The number of aromatic nitrogens is 2. The summed E-state index contributed by atoms with van der Waals surface area (Å²) in [6.07, 6.45) is 1.77. The van der Waals surface area contributed by atoms with Gasteiger partial charge in [-0.2, -0.15) is 0 Å². The van der Waals surface area contributed by atoms with E-state index in [0.717, 1.165) is 0 Å². The summed E-state index contributed by atoms with van der Waals surface area (Å²) >= 11 is 0. The van der Waals surface area contributed by atoms with E-state index in [1.807, 2.05) is 0 Å². The maximum absolute atomic E-state index is 13.3. The van der Waals surface area contributed by atoms with Crippen molar-refractivity contribution in [2.75, 3.05) is 0 Å². The van der Waals surface area contributed by atoms with Crippen LogP contribution in [0.3, 0.4) is 0 Å². The molecule has 9 N–H and O–H groups in total. The summed E-state index contributed by atoms with van der Waals surface area (Å²) in [7, 11) is 0. The third-order valence-corrected chi connectivity index (χ3v) is 5.63. The lowest BCUT2D eigenvalue weighted by atomic mass is 10.00. The molecule has 1 aromatic carbocycles. The maximum atomic E-state index is 13.3. The third-order valence-electron chi connectivity index (χ3n) is 5.63. The smallest absolute Gasteiger partial charge is 0.328 e. The summed E-state index contributed by atoms with van der Waals surface area (Å²) in [4.78, 5) is 57.0. The quantitative estimate of drug-likeness (QED) is 0.159. The molecule has 3 amide bonds. The maximum Gasteiger partial charge on any atom is 0.328 e. The van der Waals surface area contributed by atoms with Crippen LogP contribution in [-0.4, -0.2) is 79.2 Å². The van der Waals surface area contributed by atoms with Crippen LogP contribution in [0.15, 0.2) is 36.8 Å². The molecule has 0 aliphatic rings. The molecule has 0 radical (unpaired) electrons. The average Bonchev–Trinajstić information content (AvgIpc) is 3.33. The van der Waals surface area contributed by atoms with Crippen molar-refractivity contribution in [2.45, 2.75) is 63.9 Å². The zero-order valence-electron chi connectivity index (χ0n) is 20.8. The Bertz CT molecular complexity index is 1060. The summed E-state index contributed by atoms with van der Waals surface area (Å²) < 4.78 is 0. The van der Waals surface area contributed by atoms with Gasteiger partial charge in [-0.15, -0.1) is 0 Å². The number of amides is 3. The van der Waals surface area contributed by atoms with E-state index < -0.39 is 59.9 Å². The number of carboxylic acid groups (broad SMARTS) is 1. The number of aromatic hydroxyl groups is 1. The Morgan fingerprint density at radius 1 is 0.946 bits per heavy atom. The number of aliphatic hydroxyl groups is 1. The second kappa shape index (κ2) is 13.4. The van der Waals surface area contributed by atoms with Crippen molar-refractivity contribution in [2.24, 2.45) is 11.7 Å². The van der Waals surface area contributed by atoms with Crippen LogP contribution < -0.4 is 21.7 Å². The number of H-pyrrole nitrogens is 1. The number of carboxylic acids is 1. The van der Waals surface area contributed by atoms with Gasteiger partial charge in [-0.05, 0) is 30.5 Å². The Morgan fingerprint density at radius 3 is 2.08 bits per heavy atom. The normalized spacial score (nSPS) is 15.2. The SMILES string of the molecule is CC(C)C(NC(=O)C(Cc1ccc(O)cc1)NC(=O)C(N)Cc1cnc[nH]1)C(=O)NC(C(=O)O)C(C)O. The number of aliphatic hydroxyl groups excluding tert-OH is 1. The molecule has 202 valence electrons. The van der Waals surface area contributed by atoms with Crippen molar-refractivity contribution in [3.8, 4) is 5.75 Å². The second-order valence-corrected chi connectivity index (χ2v) is 9.11. The van der Waals surface area contributed by atoms with E-state index in [1.54, 1.807) is 26.0 Å². The molecule has 2 aromatic rings. The van der Waals surface area contributed by atoms with Crippen LogP contribution in [-0.2, 0) is 32.0 Å². The van der Waals surface area contributed by atoms with Crippen LogP contribution in [0.25, 0.3) is 0 Å². The van der Waals surface area contributed by atoms with Gasteiger partial charge in [0.1, 0.15) is 17.8 Å². The molecular weight excluding hydrogens is 484 g/mol. The first kappa shape index (κ1) is 29.3. The van der Waals surface area contributed by atoms with E-state index in [2.05, 4.69) is 25.9 Å². The van der Waals surface area contributed by atoms with Gasteiger partial charge in [-0.3, -0.25) is 14.4 Å². The van der Waals surface area contributed by atoms with E-state index in [9.17, 15) is 34.5 Å². The van der Waals surface area contributed by atoms with E-state index in [4.69, 9.17) is 5.73 Å². The summed E-state index contributed by atoms with van der Waals surface area (Å²) in [5.74, 6) is -3.98. The molecular formula is C24H34N6O7. The lowest BCUT2D eigenvalue weighted by Gasteiger charge is -2.27. The Labute approximate surface area is 213 Å². The number of phenols is 1. The molecule has 1 heterocycles. The number of hydrogen-bond acceptors (Lipinski definition) is 8. The monoisotopic (exact) mass is 518 g/mol. The molecule has 0 spiro atoms. The number of aliphatic carboxylic acids is 1. The van der Waals surface area contributed by atoms with Gasteiger partial charge in [-0.25, -0.2) is 9.78 Å². The molecule has 0 bridgehead atoms. The van der Waals surface area contributed by atoms with Crippen LogP contribution in [0.4, 0.5) is 0 Å². The first-order valence-corrected chi connectivity index (χ1v) is 11.7. The molecule has 0 fully saturated rings. The fourth-order valence-corrected chi connectivity index (χ4v) is 3.50. The van der Waals surface area contributed by atoms with Gasteiger partial charge in [0.25, 0.3) is 0 Å². The second-order valence-electron chi connectivity index (χ2n) is 9.11. The lowest BCUT2D eigenvalue weighted by Crippen LogP contribution is -2.60. The summed E-state index contributed by atoms with van der Waals surface area (Å²) in [6, 6.07) is 1.15. The molecule has 2 rings (SSSR count). The largest absolute Gasteiger partial charge is 0.508 e. The molecule has 0 aliphatic carbocycles. The predicted molar refractivity (Wildman–Crippen MR) is 132 cm³/mol. The minimum Gasteiger partial charge on any atom is -0.508 e. The summed E-state index contributed by atoms with van der Waals surface area (Å²) in [6.45, 7) is 4.52. The van der Waals surface area contributed by atoms with E-state index in [1.165, 1.54) is 31.6 Å². The molecule has 1 aromatic heterocycles. The minimum atomic E-state index is -1.57. The number of phenolic OH excluding ortho intramolecular Hbond substituents is 1. The van der Waals surface area contributed by atoms with E-state index in [0.29, 0.717) is 11.3 Å². The average molecular weight is 519 g/mol. The van der Waals surface area contributed by atoms with Gasteiger partial charge in [-0.1, -0.05) is 26.0 Å². The zero-order chi connectivity index (χ0) is 27.7. The van der Waals surface area contributed by atoms with Crippen LogP contribution in [0.2, 0.25) is 0 Å². The molecule has 0 saturated heterocycles. The molecule has 5 unspecified atom stereocenters. The highest BCUT2D eigenvalue weighted by molar-refractivity contribution is 5.94. The predicted octanol–water partition coefficient (Wildman–Crippen LogP) is -1.20. The molecule has 37 heavy (non-hydrogen) atoms. The first-order chi connectivity index (χ1) is 17.4. The van der Waals surface area contributed by atoms with Gasteiger partial charge in [0, 0.05) is 24.7 Å². The van der Waals surface area contributed by atoms with Crippen LogP contribution in [0.1, 0.15) is 32.0 Å². The number of carbonyl (C=O) groups excluding carboxylic acids is 3. The molecule has 13 nitrogen and oxygen atoms in total. The number of hydrogen-bond donors (Lipinski definition) is 8. The van der Waals surface area contributed by atoms with Crippen molar-refractivity contribution in [3.05, 3.63) is 48.0 Å². The Hall–Kier alpha value is -3.97. The Balaban J connectivity index is 2.21.